The number of amides is 2. The molecule has 1 saturated heterocycles. The minimum absolute atomic E-state index is 0. The Labute approximate surface area is 201 Å². The van der Waals surface area contributed by atoms with Crippen molar-refractivity contribution in [1.82, 2.24) is 20.5 Å². The lowest BCUT2D eigenvalue weighted by molar-refractivity contribution is -0.127. The summed E-state index contributed by atoms with van der Waals surface area (Å²) in [7, 11) is 1.89. The van der Waals surface area contributed by atoms with Crippen LogP contribution in [0.5, 0.6) is 0 Å². The Morgan fingerprint density at radius 3 is 2.64 bits per heavy atom. The highest BCUT2D eigenvalue weighted by Gasteiger charge is 2.34. The van der Waals surface area contributed by atoms with Crippen molar-refractivity contribution in [2.24, 2.45) is 18.9 Å². The Hall–Kier alpha value is -2.56. The van der Waals surface area contributed by atoms with Gasteiger partial charge in [0.25, 0.3) is 5.91 Å². The van der Waals surface area contributed by atoms with E-state index in [-0.39, 0.29) is 36.2 Å². The molecular weight excluding hydrogens is 438 g/mol. The van der Waals surface area contributed by atoms with Crippen molar-refractivity contribution in [1.29, 1.82) is 5.26 Å². The number of hydrogen-bond donors (Lipinski definition) is 3. The van der Waals surface area contributed by atoms with Crippen LogP contribution in [-0.4, -0.2) is 41.6 Å². The lowest BCUT2D eigenvalue weighted by Crippen LogP contribution is -2.50. The highest BCUT2D eigenvalue weighted by molar-refractivity contribution is 5.99. The summed E-state index contributed by atoms with van der Waals surface area (Å²) in [5.41, 5.74) is 1.60. The van der Waals surface area contributed by atoms with Gasteiger partial charge in [-0.1, -0.05) is 31.0 Å². The molecule has 1 aliphatic carbocycles. The third kappa shape index (κ3) is 5.87. The molecular formula is C25H34ClN5O2. The summed E-state index contributed by atoms with van der Waals surface area (Å²) in [6.45, 7) is 1.95. The fourth-order valence-electron chi connectivity index (χ4n) is 5.24. The van der Waals surface area contributed by atoms with Crippen molar-refractivity contribution in [3.8, 4) is 6.07 Å². The molecule has 2 heterocycles. The van der Waals surface area contributed by atoms with Gasteiger partial charge in [-0.05, 0) is 63.2 Å². The van der Waals surface area contributed by atoms with Gasteiger partial charge in [0.05, 0.1) is 12.0 Å². The van der Waals surface area contributed by atoms with E-state index >= 15 is 0 Å². The van der Waals surface area contributed by atoms with Crippen molar-refractivity contribution in [2.75, 3.05) is 13.1 Å². The van der Waals surface area contributed by atoms with Gasteiger partial charge in [0, 0.05) is 24.0 Å². The van der Waals surface area contributed by atoms with Crippen LogP contribution in [0.2, 0.25) is 0 Å². The summed E-state index contributed by atoms with van der Waals surface area (Å²) >= 11 is 0. The van der Waals surface area contributed by atoms with Crippen LogP contribution in [-0.2, 0) is 11.8 Å². The van der Waals surface area contributed by atoms with Gasteiger partial charge in [-0.3, -0.25) is 9.59 Å². The SMILES string of the molecule is Cl.Cn1c(C(=O)N[C@H]2CCCC[C@H]2C(=O)NC(C#N)CC2CCNCC2)cc2ccccc21. The van der Waals surface area contributed by atoms with Crippen LogP contribution in [0.4, 0.5) is 0 Å². The normalized spacial score (nSPS) is 22.1. The van der Waals surface area contributed by atoms with E-state index in [2.05, 4.69) is 22.0 Å². The molecule has 1 aromatic heterocycles. The quantitative estimate of drug-likeness (QED) is 0.602. The first-order chi connectivity index (χ1) is 15.6. The first-order valence-electron chi connectivity index (χ1n) is 11.8. The molecule has 2 aliphatic rings. The fraction of sp³-hybridized carbons (Fsp3) is 0.560. The number of aryl methyl sites for hydroxylation is 1. The summed E-state index contributed by atoms with van der Waals surface area (Å²) in [5.74, 6) is -0.0896. The molecule has 0 radical (unpaired) electrons. The van der Waals surface area contributed by atoms with Crippen molar-refractivity contribution < 1.29 is 9.59 Å². The zero-order valence-corrected chi connectivity index (χ0v) is 20.0. The van der Waals surface area contributed by atoms with E-state index in [9.17, 15) is 14.9 Å². The van der Waals surface area contributed by atoms with Crippen molar-refractivity contribution >= 4 is 35.1 Å². The van der Waals surface area contributed by atoms with Gasteiger partial charge in [0.1, 0.15) is 11.7 Å². The number of carbonyl (C=O) groups excluding carboxylic acids is 2. The molecule has 0 spiro atoms. The average Bonchev–Trinajstić information content (AvgIpc) is 3.16. The summed E-state index contributed by atoms with van der Waals surface area (Å²) in [4.78, 5) is 26.2. The molecule has 2 aromatic rings. The molecule has 4 rings (SSSR count). The second-order valence-electron chi connectivity index (χ2n) is 9.24. The lowest BCUT2D eigenvalue weighted by Gasteiger charge is -2.32. The first-order valence-corrected chi connectivity index (χ1v) is 11.8. The fourth-order valence-corrected chi connectivity index (χ4v) is 5.24. The Balaban J connectivity index is 0.00000306. The first kappa shape index (κ1) is 25.1. The monoisotopic (exact) mass is 471 g/mol. The second-order valence-corrected chi connectivity index (χ2v) is 9.24. The molecule has 1 unspecified atom stereocenters. The number of hydrogen-bond acceptors (Lipinski definition) is 4. The van der Waals surface area contributed by atoms with Gasteiger partial charge in [-0.15, -0.1) is 12.4 Å². The molecule has 0 bridgehead atoms. The van der Waals surface area contributed by atoms with E-state index in [0.717, 1.165) is 62.5 Å². The number of para-hydroxylation sites is 1. The van der Waals surface area contributed by atoms with Crippen LogP contribution in [0.15, 0.2) is 30.3 Å². The van der Waals surface area contributed by atoms with Crippen molar-refractivity contribution in [2.45, 2.75) is 57.0 Å². The zero-order chi connectivity index (χ0) is 22.5. The Morgan fingerprint density at radius 1 is 1.18 bits per heavy atom. The minimum atomic E-state index is -0.470. The number of fused-ring (bicyclic) bond motifs is 1. The van der Waals surface area contributed by atoms with Gasteiger partial charge >= 0.3 is 0 Å². The number of halogens is 1. The molecule has 7 nitrogen and oxygen atoms in total. The summed E-state index contributed by atoms with van der Waals surface area (Å²) in [6.07, 6.45) is 6.24. The van der Waals surface area contributed by atoms with Crippen LogP contribution in [0, 0.1) is 23.2 Å². The number of rotatable bonds is 6. The molecule has 1 saturated carbocycles. The number of piperidine rings is 1. The predicted molar refractivity (Wildman–Crippen MR) is 131 cm³/mol. The topological polar surface area (TPSA) is 99.0 Å². The van der Waals surface area contributed by atoms with Gasteiger partial charge in [-0.25, -0.2) is 0 Å². The number of nitrogens with one attached hydrogen (secondary N) is 3. The molecule has 33 heavy (non-hydrogen) atoms. The number of nitrogens with zero attached hydrogens (tertiary/aromatic N) is 2. The Kier molecular flexibility index (Phi) is 8.76. The van der Waals surface area contributed by atoms with E-state index in [1.807, 2.05) is 41.9 Å². The zero-order valence-electron chi connectivity index (χ0n) is 19.2. The summed E-state index contributed by atoms with van der Waals surface area (Å²) in [5, 5.41) is 20.1. The Bertz CT molecular complexity index is 1010. The molecule has 2 fully saturated rings. The summed E-state index contributed by atoms with van der Waals surface area (Å²) in [6, 6.07) is 11.4. The molecule has 1 aliphatic heterocycles. The van der Waals surface area contributed by atoms with Gasteiger partial charge < -0.3 is 20.5 Å². The van der Waals surface area contributed by atoms with Gasteiger partial charge in [0.2, 0.25) is 5.91 Å². The largest absolute Gasteiger partial charge is 0.347 e. The maximum absolute atomic E-state index is 13.1. The van der Waals surface area contributed by atoms with Gasteiger partial charge in [0.15, 0.2) is 0 Å². The van der Waals surface area contributed by atoms with Crippen LogP contribution >= 0.6 is 12.4 Å². The number of carbonyl (C=O) groups is 2. The van der Waals surface area contributed by atoms with Crippen LogP contribution in [0.1, 0.15) is 55.4 Å². The van der Waals surface area contributed by atoms with E-state index in [1.165, 1.54) is 0 Å². The number of benzene rings is 1. The molecule has 8 heteroatoms. The van der Waals surface area contributed by atoms with Crippen LogP contribution in [0.25, 0.3) is 10.9 Å². The van der Waals surface area contributed by atoms with E-state index in [4.69, 9.17) is 0 Å². The van der Waals surface area contributed by atoms with Crippen molar-refractivity contribution in [3.63, 3.8) is 0 Å². The second kappa shape index (κ2) is 11.5. The predicted octanol–water partition coefficient (Wildman–Crippen LogP) is 3.29. The highest BCUT2D eigenvalue weighted by Crippen LogP contribution is 2.26. The molecule has 178 valence electrons. The number of nitriles is 1. The van der Waals surface area contributed by atoms with E-state index in [1.54, 1.807) is 0 Å². The third-order valence-electron chi connectivity index (χ3n) is 7.10. The standard InChI is InChI=1S/C25H33N5O2.ClH/c1-30-22-9-5-2-6-18(22)15-23(30)25(32)29-21-8-4-3-7-20(21)24(31)28-19(16-26)14-17-10-12-27-13-11-17;/h2,5-6,9,15,17,19-21,27H,3-4,7-8,10-14H2,1H3,(H,28,31)(H,29,32);1H/t19?,20-,21+;/m1./s1. The molecule has 1 aromatic carbocycles. The minimum Gasteiger partial charge on any atom is -0.347 e. The lowest BCUT2D eigenvalue weighted by atomic mass is 9.83. The van der Waals surface area contributed by atoms with E-state index in [0.29, 0.717) is 18.0 Å². The smallest absolute Gasteiger partial charge is 0.268 e. The van der Waals surface area contributed by atoms with E-state index < -0.39 is 6.04 Å². The number of aromatic nitrogens is 1. The van der Waals surface area contributed by atoms with Crippen LogP contribution in [0.3, 0.4) is 0 Å². The molecule has 3 N–H and O–H groups in total. The third-order valence-corrected chi connectivity index (χ3v) is 7.10. The van der Waals surface area contributed by atoms with Gasteiger partial charge in [-0.2, -0.15) is 5.26 Å². The molecule has 3 atom stereocenters. The Morgan fingerprint density at radius 2 is 1.91 bits per heavy atom. The highest BCUT2D eigenvalue weighted by atomic mass is 35.5. The maximum Gasteiger partial charge on any atom is 0.268 e. The molecule has 2 amide bonds. The van der Waals surface area contributed by atoms with Crippen molar-refractivity contribution in [3.05, 3.63) is 36.0 Å². The average molecular weight is 472 g/mol. The van der Waals surface area contributed by atoms with Crippen LogP contribution < -0.4 is 16.0 Å². The maximum atomic E-state index is 13.1. The summed E-state index contributed by atoms with van der Waals surface area (Å²) < 4.78 is 1.90.